The Labute approximate surface area is 87.4 Å². The molecule has 0 fully saturated rings. The number of benzene rings is 1. The summed E-state index contributed by atoms with van der Waals surface area (Å²) >= 11 is 0. The second kappa shape index (κ2) is 5.46. The lowest BCUT2D eigenvalue weighted by Gasteiger charge is -2.04. The first-order valence-electron chi connectivity index (χ1n) is 4.56. The molecule has 0 aliphatic heterocycles. The fourth-order valence-electron chi connectivity index (χ4n) is 1.06. The van der Waals surface area contributed by atoms with E-state index < -0.39 is 6.61 Å². The lowest BCUT2D eigenvalue weighted by atomic mass is 10.2. The van der Waals surface area contributed by atoms with Crippen LogP contribution in [0.25, 0.3) is 6.08 Å². The smallest absolute Gasteiger partial charge is 0.387 e. The van der Waals surface area contributed by atoms with Crippen molar-refractivity contribution >= 4 is 6.08 Å². The molecule has 0 bridgehead atoms. The van der Waals surface area contributed by atoms with Crippen LogP contribution in [0.2, 0.25) is 0 Å². The molecule has 0 spiro atoms. The van der Waals surface area contributed by atoms with E-state index in [0.29, 0.717) is 0 Å². The average molecular weight is 213 g/mol. The number of rotatable bonds is 4. The molecule has 1 unspecified atom stereocenters. The van der Waals surface area contributed by atoms with Gasteiger partial charge >= 0.3 is 6.61 Å². The highest BCUT2D eigenvalue weighted by atomic mass is 19.3. The van der Waals surface area contributed by atoms with Crippen molar-refractivity contribution in [2.45, 2.75) is 19.6 Å². The first kappa shape index (κ1) is 11.7. The third-order valence-electron chi connectivity index (χ3n) is 1.68. The van der Waals surface area contributed by atoms with Crippen LogP contribution in [0.5, 0.6) is 5.75 Å². The van der Waals surface area contributed by atoms with Crippen molar-refractivity contribution in [3.8, 4) is 5.75 Å². The van der Waals surface area contributed by atoms with Gasteiger partial charge in [-0.25, -0.2) is 0 Å². The molecule has 0 saturated heterocycles. The van der Waals surface area contributed by atoms with E-state index >= 15 is 0 Å². The Morgan fingerprint density at radius 3 is 2.73 bits per heavy atom. The summed E-state index contributed by atoms with van der Waals surface area (Å²) in [7, 11) is 0. The summed E-state index contributed by atoms with van der Waals surface area (Å²) in [5.74, 6) is 0.150. The number of halogens is 2. The van der Waals surface area contributed by atoms with Crippen LogP contribution >= 0.6 is 0 Å². The average Bonchev–Trinajstić information content (AvgIpc) is 2.14. The van der Waals surface area contributed by atoms with E-state index in [1.807, 2.05) is 6.92 Å². The predicted molar refractivity (Wildman–Crippen MR) is 55.8 cm³/mol. The molecular weight excluding hydrogens is 200 g/mol. The quantitative estimate of drug-likeness (QED) is 0.834. The van der Waals surface area contributed by atoms with Gasteiger partial charge < -0.3 is 10.5 Å². The first-order valence-corrected chi connectivity index (χ1v) is 4.56. The van der Waals surface area contributed by atoms with Gasteiger partial charge in [-0.3, -0.25) is 0 Å². The van der Waals surface area contributed by atoms with Gasteiger partial charge in [-0.15, -0.1) is 0 Å². The maximum Gasteiger partial charge on any atom is 0.387 e. The van der Waals surface area contributed by atoms with Gasteiger partial charge in [0.25, 0.3) is 0 Å². The van der Waals surface area contributed by atoms with Crippen LogP contribution in [0.15, 0.2) is 30.3 Å². The Hall–Kier alpha value is -1.42. The van der Waals surface area contributed by atoms with Crippen molar-refractivity contribution < 1.29 is 13.5 Å². The molecule has 1 atom stereocenters. The van der Waals surface area contributed by atoms with Crippen molar-refractivity contribution in [1.29, 1.82) is 0 Å². The molecule has 0 aromatic heterocycles. The minimum absolute atomic E-state index is 0.0651. The zero-order valence-electron chi connectivity index (χ0n) is 8.36. The van der Waals surface area contributed by atoms with Gasteiger partial charge in [0.1, 0.15) is 5.75 Å². The topological polar surface area (TPSA) is 35.2 Å². The highest BCUT2D eigenvalue weighted by molar-refractivity contribution is 5.52. The molecule has 1 rings (SSSR count). The summed E-state index contributed by atoms with van der Waals surface area (Å²) in [6.45, 7) is -0.964. The highest BCUT2D eigenvalue weighted by Gasteiger charge is 2.03. The SMILES string of the molecule is CC(N)/C=C/c1cccc(OC(F)F)c1. The van der Waals surface area contributed by atoms with Crippen LogP contribution in [0.1, 0.15) is 12.5 Å². The summed E-state index contributed by atoms with van der Waals surface area (Å²) in [4.78, 5) is 0. The molecule has 0 amide bonds. The molecule has 4 heteroatoms. The lowest BCUT2D eigenvalue weighted by molar-refractivity contribution is -0.0498. The number of ether oxygens (including phenoxy) is 1. The molecule has 0 heterocycles. The van der Waals surface area contributed by atoms with Gasteiger partial charge in [0.05, 0.1) is 0 Å². The fraction of sp³-hybridized carbons (Fsp3) is 0.273. The van der Waals surface area contributed by atoms with Crippen LogP contribution in [-0.2, 0) is 0 Å². The molecule has 2 N–H and O–H groups in total. The van der Waals surface area contributed by atoms with E-state index in [-0.39, 0.29) is 11.8 Å². The van der Waals surface area contributed by atoms with E-state index in [1.54, 1.807) is 24.3 Å². The standard InChI is InChI=1S/C11H13F2NO/c1-8(14)5-6-9-3-2-4-10(7-9)15-11(12)13/h2-8,11H,14H2,1H3/b6-5+. The van der Waals surface area contributed by atoms with E-state index in [2.05, 4.69) is 4.74 Å². The van der Waals surface area contributed by atoms with Gasteiger partial charge in [-0.1, -0.05) is 24.3 Å². The van der Waals surface area contributed by atoms with Crippen LogP contribution in [0, 0.1) is 0 Å². The van der Waals surface area contributed by atoms with Crippen LogP contribution in [0.4, 0.5) is 8.78 Å². The van der Waals surface area contributed by atoms with Crippen LogP contribution in [0.3, 0.4) is 0 Å². The van der Waals surface area contributed by atoms with Crippen LogP contribution in [-0.4, -0.2) is 12.7 Å². The number of nitrogens with two attached hydrogens (primary N) is 1. The minimum Gasteiger partial charge on any atom is -0.435 e. The predicted octanol–water partition coefficient (Wildman–Crippen LogP) is 2.65. The molecule has 0 aliphatic rings. The Kier molecular flexibility index (Phi) is 4.24. The van der Waals surface area contributed by atoms with Crippen molar-refractivity contribution in [3.63, 3.8) is 0 Å². The second-order valence-electron chi connectivity index (χ2n) is 3.17. The first-order chi connectivity index (χ1) is 7.08. The van der Waals surface area contributed by atoms with Gasteiger partial charge in [-0.2, -0.15) is 8.78 Å². The Morgan fingerprint density at radius 1 is 1.40 bits per heavy atom. The van der Waals surface area contributed by atoms with Crippen molar-refractivity contribution in [2.24, 2.45) is 5.73 Å². The molecule has 0 saturated carbocycles. The van der Waals surface area contributed by atoms with E-state index in [4.69, 9.17) is 5.73 Å². The third kappa shape index (κ3) is 4.56. The largest absolute Gasteiger partial charge is 0.435 e. The van der Waals surface area contributed by atoms with Crippen LogP contribution < -0.4 is 10.5 Å². The summed E-state index contributed by atoms with van der Waals surface area (Å²) < 4.78 is 28.1. The molecule has 1 aromatic rings. The van der Waals surface area contributed by atoms with Gasteiger partial charge in [0.2, 0.25) is 0 Å². The summed E-state index contributed by atoms with van der Waals surface area (Å²) in [6, 6.07) is 6.39. The number of hydrogen-bond acceptors (Lipinski definition) is 2. The van der Waals surface area contributed by atoms with E-state index in [9.17, 15) is 8.78 Å². The number of hydrogen-bond donors (Lipinski definition) is 1. The molecule has 82 valence electrons. The lowest BCUT2D eigenvalue weighted by Crippen LogP contribution is -2.09. The minimum atomic E-state index is -2.79. The monoisotopic (exact) mass is 213 g/mol. The molecule has 2 nitrogen and oxygen atoms in total. The Balaban J connectivity index is 2.74. The van der Waals surface area contributed by atoms with E-state index in [1.165, 1.54) is 12.1 Å². The third-order valence-corrected chi connectivity index (χ3v) is 1.68. The van der Waals surface area contributed by atoms with E-state index in [0.717, 1.165) is 5.56 Å². The maximum absolute atomic E-state index is 11.9. The molecule has 0 aliphatic carbocycles. The Bertz CT molecular complexity index is 337. The Morgan fingerprint density at radius 2 is 2.13 bits per heavy atom. The fourth-order valence-corrected chi connectivity index (χ4v) is 1.06. The highest BCUT2D eigenvalue weighted by Crippen LogP contribution is 2.16. The summed E-state index contributed by atoms with van der Waals surface area (Å²) in [5.41, 5.74) is 6.30. The molecule has 15 heavy (non-hydrogen) atoms. The summed E-state index contributed by atoms with van der Waals surface area (Å²) in [5, 5.41) is 0. The maximum atomic E-state index is 11.9. The molecule has 1 aromatic carbocycles. The second-order valence-corrected chi connectivity index (χ2v) is 3.17. The van der Waals surface area contributed by atoms with Gasteiger partial charge in [-0.05, 0) is 24.6 Å². The number of alkyl halides is 2. The summed E-state index contributed by atoms with van der Waals surface area (Å²) in [6.07, 6.45) is 3.55. The van der Waals surface area contributed by atoms with Crippen molar-refractivity contribution in [3.05, 3.63) is 35.9 Å². The molecule has 0 radical (unpaired) electrons. The zero-order chi connectivity index (χ0) is 11.3. The zero-order valence-corrected chi connectivity index (χ0v) is 8.36. The van der Waals surface area contributed by atoms with Gasteiger partial charge in [0, 0.05) is 6.04 Å². The van der Waals surface area contributed by atoms with Gasteiger partial charge in [0.15, 0.2) is 0 Å². The normalized spacial score (nSPS) is 13.4. The van der Waals surface area contributed by atoms with Crippen molar-refractivity contribution in [1.82, 2.24) is 0 Å². The van der Waals surface area contributed by atoms with Crippen molar-refractivity contribution in [2.75, 3.05) is 0 Å². The molecular formula is C11H13F2NO.